The molecular formula is C17H18FNO2. The van der Waals surface area contributed by atoms with Gasteiger partial charge in [0.25, 0.3) is 0 Å². The zero-order valence-electron chi connectivity index (χ0n) is 12.2. The van der Waals surface area contributed by atoms with Gasteiger partial charge in [0.15, 0.2) is 0 Å². The first-order valence-electron chi connectivity index (χ1n) is 6.71. The van der Waals surface area contributed by atoms with Crippen LogP contribution in [0.3, 0.4) is 0 Å². The van der Waals surface area contributed by atoms with Gasteiger partial charge in [0, 0.05) is 13.6 Å². The molecule has 2 aromatic rings. The smallest absolute Gasteiger partial charge is 0.309 e. The highest BCUT2D eigenvalue weighted by Crippen LogP contribution is 2.21. The predicted molar refractivity (Wildman–Crippen MR) is 80.7 cm³/mol. The van der Waals surface area contributed by atoms with Gasteiger partial charge in [-0.05, 0) is 23.3 Å². The average molecular weight is 287 g/mol. The summed E-state index contributed by atoms with van der Waals surface area (Å²) in [4.78, 5) is 13.3. The lowest BCUT2D eigenvalue weighted by Gasteiger charge is -2.21. The molecule has 0 aliphatic carbocycles. The van der Waals surface area contributed by atoms with E-state index >= 15 is 0 Å². The fourth-order valence-electron chi connectivity index (χ4n) is 2.21. The Morgan fingerprint density at radius 1 is 1.10 bits per heavy atom. The van der Waals surface area contributed by atoms with E-state index in [1.807, 2.05) is 36.2 Å². The maximum atomic E-state index is 13.8. The molecule has 0 amide bonds. The van der Waals surface area contributed by atoms with E-state index < -0.39 is 0 Å². The Morgan fingerprint density at radius 3 is 2.38 bits per heavy atom. The van der Waals surface area contributed by atoms with Crippen molar-refractivity contribution in [3.63, 3.8) is 0 Å². The first-order valence-corrected chi connectivity index (χ1v) is 6.71. The first kappa shape index (κ1) is 15.0. The number of methoxy groups -OCH3 is 1. The van der Waals surface area contributed by atoms with Crippen molar-refractivity contribution >= 4 is 11.7 Å². The van der Waals surface area contributed by atoms with Crippen LogP contribution >= 0.6 is 0 Å². The predicted octanol–water partition coefficient (Wildman–Crippen LogP) is 3.18. The molecule has 2 aromatic carbocycles. The number of hydrogen-bond donors (Lipinski definition) is 0. The van der Waals surface area contributed by atoms with Crippen LogP contribution in [0.2, 0.25) is 0 Å². The molecule has 3 nitrogen and oxygen atoms in total. The number of benzene rings is 2. The minimum atomic E-state index is -0.281. The monoisotopic (exact) mass is 287 g/mol. The third-order valence-corrected chi connectivity index (χ3v) is 3.35. The lowest BCUT2D eigenvalue weighted by molar-refractivity contribution is -0.139. The van der Waals surface area contributed by atoms with Crippen LogP contribution in [0.5, 0.6) is 0 Å². The highest BCUT2D eigenvalue weighted by Gasteiger charge is 2.11. The quantitative estimate of drug-likeness (QED) is 0.791. The topological polar surface area (TPSA) is 29.5 Å². The Kier molecular flexibility index (Phi) is 4.93. The van der Waals surface area contributed by atoms with E-state index in [9.17, 15) is 9.18 Å². The van der Waals surface area contributed by atoms with Gasteiger partial charge in [0.2, 0.25) is 0 Å². The van der Waals surface area contributed by atoms with Gasteiger partial charge < -0.3 is 9.64 Å². The Labute approximate surface area is 124 Å². The lowest BCUT2D eigenvalue weighted by atomic mass is 10.0. The highest BCUT2D eigenvalue weighted by molar-refractivity contribution is 5.73. The Bertz CT molecular complexity index is 628. The number of esters is 1. The van der Waals surface area contributed by atoms with Gasteiger partial charge in [-0.25, -0.2) is 4.39 Å². The van der Waals surface area contributed by atoms with Crippen molar-refractivity contribution in [3.8, 4) is 0 Å². The summed E-state index contributed by atoms with van der Waals surface area (Å²) in [7, 11) is 3.20. The average Bonchev–Trinajstić information content (AvgIpc) is 2.49. The third-order valence-electron chi connectivity index (χ3n) is 3.35. The van der Waals surface area contributed by atoms with Crippen molar-refractivity contribution in [2.45, 2.75) is 13.0 Å². The minimum absolute atomic E-state index is 0.220. The fraction of sp³-hybridized carbons (Fsp3) is 0.235. The molecule has 0 bridgehead atoms. The minimum Gasteiger partial charge on any atom is -0.469 e. The molecule has 21 heavy (non-hydrogen) atoms. The number of carbonyl (C=O) groups is 1. The van der Waals surface area contributed by atoms with Crippen molar-refractivity contribution in [2.24, 2.45) is 0 Å². The molecule has 0 fully saturated rings. The molecule has 0 aliphatic heterocycles. The van der Waals surface area contributed by atoms with Crippen LogP contribution in [0, 0.1) is 5.82 Å². The molecule has 0 saturated carbocycles. The van der Waals surface area contributed by atoms with Crippen molar-refractivity contribution in [3.05, 3.63) is 65.5 Å². The van der Waals surface area contributed by atoms with Crippen LogP contribution in [-0.2, 0) is 22.5 Å². The molecule has 0 N–H and O–H groups in total. The SMILES string of the molecule is COC(=O)Cc1ccccc1CN(C)c1ccccc1F. The molecule has 0 aliphatic rings. The number of anilines is 1. The molecule has 0 saturated heterocycles. The number of para-hydroxylation sites is 1. The summed E-state index contributed by atoms with van der Waals surface area (Å²) in [6.45, 7) is 0.522. The fourth-order valence-corrected chi connectivity index (χ4v) is 2.21. The Hall–Kier alpha value is -2.36. The van der Waals surface area contributed by atoms with E-state index in [0.29, 0.717) is 12.2 Å². The summed E-state index contributed by atoms with van der Waals surface area (Å²) in [6, 6.07) is 14.3. The second-order valence-electron chi connectivity index (χ2n) is 4.83. The molecule has 0 spiro atoms. The van der Waals surface area contributed by atoms with Gasteiger partial charge in [-0.1, -0.05) is 36.4 Å². The van der Waals surface area contributed by atoms with Crippen LogP contribution < -0.4 is 4.90 Å². The van der Waals surface area contributed by atoms with E-state index in [4.69, 9.17) is 4.74 Å². The molecule has 0 heterocycles. The van der Waals surface area contributed by atoms with E-state index in [-0.39, 0.29) is 18.2 Å². The molecule has 0 unspecified atom stereocenters. The summed E-state index contributed by atoms with van der Waals surface area (Å²) in [5.74, 6) is -0.540. The van der Waals surface area contributed by atoms with Crippen molar-refractivity contribution in [1.82, 2.24) is 0 Å². The number of carbonyl (C=O) groups excluding carboxylic acids is 1. The highest BCUT2D eigenvalue weighted by atomic mass is 19.1. The van der Waals surface area contributed by atoms with Crippen molar-refractivity contribution in [2.75, 3.05) is 19.1 Å². The lowest BCUT2D eigenvalue weighted by Crippen LogP contribution is -2.19. The van der Waals surface area contributed by atoms with Crippen LogP contribution in [0.25, 0.3) is 0 Å². The normalized spacial score (nSPS) is 10.2. The molecule has 110 valence electrons. The van der Waals surface area contributed by atoms with Gasteiger partial charge in [-0.2, -0.15) is 0 Å². The maximum absolute atomic E-state index is 13.8. The van der Waals surface area contributed by atoms with E-state index in [1.54, 1.807) is 18.2 Å². The molecule has 0 atom stereocenters. The summed E-state index contributed by atoms with van der Waals surface area (Å²) in [5, 5.41) is 0. The standard InChI is InChI=1S/C17H18FNO2/c1-19(16-10-6-5-9-15(16)18)12-14-8-4-3-7-13(14)11-17(20)21-2/h3-10H,11-12H2,1-2H3. The Morgan fingerprint density at radius 2 is 1.71 bits per heavy atom. The number of nitrogens with zero attached hydrogens (tertiary/aromatic N) is 1. The number of hydrogen-bond acceptors (Lipinski definition) is 3. The Balaban J connectivity index is 2.19. The van der Waals surface area contributed by atoms with Gasteiger partial charge in [0.1, 0.15) is 5.82 Å². The molecule has 2 rings (SSSR count). The van der Waals surface area contributed by atoms with Gasteiger partial charge in [-0.3, -0.25) is 4.79 Å². The van der Waals surface area contributed by atoms with Gasteiger partial charge in [0.05, 0.1) is 19.2 Å². The number of rotatable bonds is 5. The maximum Gasteiger partial charge on any atom is 0.309 e. The van der Waals surface area contributed by atoms with Crippen LogP contribution in [0.15, 0.2) is 48.5 Å². The summed E-state index contributed by atoms with van der Waals surface area (Å²) < 4.78 is 18.5. The van der Waals surface area contributed by atoms with E-state index in [1.165, 1.54) is 13.2 Å². The summed E-state index contributed by atoms with van der Waals surface area (Å²) >= 11 is 0. The zero-order valence-corrected chi connectivity index (χ0v) is 12.2. The number of ether oxygens (including phenoxy) is 1. The van der Waals surface area contributed by atoms with Gasteiger partial charge >= 0.3 is 5.97 Å². The van der Waals surface area contributed by atoms with Crippen molar-refractivity contribution < 1.29 is 13.9 Å². The zero-order chi connectivity index (χ0) is 15.2. The van der Waals surface area contributed by atoms with Crippen LogP contribution in [0.1, 0.15) is 11.1 Å². The summed E-state index contributed by atoms with van der Waals surface area (Å²) in [5.41, 5.74) is 2.41. The summed E-state index contributed by atoms with van der Waals surface area (Å²) in [6.07, 6.45) is 0.220. The van der Waals surface area contributed by atoms with Crippen molar-refractivity contribution in [1.29, 1.82) is 0 Å². The number of halogens is 1. The molecule has 4 heteroatoms. The second-order valence-corrected chi connectivity index (χ2v) is 4.83. The molecular weight excluding hydrogens is 269 g/mol. The van der Waals surface area contributed by atoms with Gasteiger partial charge in [-0.15, -0.1) is 0 Å². The van der Waals surface area contributed by atoms with Crippen LogP contribution in [0.4, 0.5) is 10.1 Å². The largest absolute Gasteiger partial charge is 0.469 e. The van der Waals surface area contributed by atoms with Crippen LogP contribution in [-0.4, -0.2) is 20.1 Å². The third kappa shape index (κ3) is 3.81. The molecule has 0 radical (unpaired) electrons. The van der Waals surface area contributed by atoms with E-state index in [2.05, 4.69) is 0 Å². The molecule has 0 aromatic heterocycles. The first-order chi connectivity index (χ1) is 10.1. The van der Waals surface area contributed by atoms with E-state index in [0.717, 1.165) is 11.1 Å². The second kappa shape index (κ2) is 6.88.